The van der Waals surface area contributed by atoms with E-state index < -0.39 is 0 Å². The quantitative estimate of drug-likeness (QED) is 0.765. The Labute approximate surface area is 113 Å². The second kappa shape index (κ2) is 7.36. The average molecular weight is 262 g/mol. The predicted molar refractivity (Wildman–Crippen MR) is 72.4 cm³/mol. The summed E-state index contributed by atoms with van der Waals surface area (Å²) in [6.45, 7) is 4.92. The SMILES string of the molecule is CC(=O)OCC(=Cc1ccccc1C)COC(C)=O. The molecule has 0 aliphatic carbocycles. The largest absolute Gasteiger partial charge is 0.461 e. The first-order valence-corrected chi connectivity index (χ1v) is 6.01. The van der Waals surface area contributed by atoms with Crippen LogP contribution in [0.2, 0.25) is 0 Å². The van der Waals surface area contributed by atoms with Gasteiger partial charge in [-0.3, -0.25) is 9.59 Å². The molecule has 19 heavy (non-hydrogen) atoms. The fourth-order valence-corrected chi connectivity index (χ4v) is 1.48. The summed E-state index contributed by atoms with van der Waals surface area (Å²) in [4.78, 5) is 21.7. The lowest BCUT2D eigenvalue weighted by Gasteiger charge is -2.09. The van der Waals surface area contributed by atoms with E-state index in [1.54, 1.807) is 0 Å². The van der Waals surface area contributed by atoms with Gasteiger partial charge in [-0.1, -0.05) is 24.3 Å². The Bertz CT molecular complexity index is 469. The van der Waals surface area contributed by atoms with E-state index >= 15 is 0 Å². The molecule has 4 nitrogen and oxygen atoms in total. The highest BCUT2D eigenvalue weighted by atomic mass is 16.5. The molecule has 0 saturated carbocycles. The molecular formula is C15H18O4. The van der Waals surface area contributed by atoms with Crippen molar-refractivity contribution in [2.45, 2.75) is 20.8 Å². The standard InChI is InChI=1S/C15H18O4/c1-11-6-4-5-7-15(11)8-14(9-18-12(2)16)10-19-13(3)17/h4-8H,9-10H2,1-3H3. The Morgan fingerprint density at radius 2 is 1.58 bits per heavy atom. The highest BCUT2D eigenvalue weighted by Crippen LogP contribution is 2.13. The minimum absolute atomic E-state index is 0.122. The van der Waals surface area contributed by atoms with Gasteiger partial charge in [0.05, 0.1) is 0 Å². The van der Waals surface area contributed by atoms with E-state index in [1.807, 2.05) is 37.3 Å². The second-order valence-corrected chi connectivity index (χ2v) is 4.22. The van der Waals surface area contributed by atoms with Crippen molar-refractivity contribution >= 4 is 18.0 Å². The second-order valence-electron chi connectivity index (χ2n) is 4.22. The molecular weight excluding hydrogens is 244 g/mol. The molecule has 0 amide bonds. The van der Waals surface area contributed by atoms with Crippen molar-refractivity contribution in [1.82, 2.24) is 0 Å². The third kappa shape index (κ3) is 5.86. The Balaban J connectivity index is 2.84. The summed E-state index contributed by atoms with van der Waals surface area (Å²) < 4.78 is 9.90. The lowest BCUT2D eigenvalue weighted by Crippen LogP contribution is -2.10. The minimum atomic E-state index is -0.362. The van der Waals surface area contributed by atoms with E-state index in [9.17, 15) is 9.59 Å². The minimum Gasteiger partial charge on any atom is -0.461 e. The average Bonchev–Trinajstić information content (AvgIpc) is 2.34. The van der Waals surface area contributed by atoms with Crippen molar-refractivity contribution in [2.24, 2.45) is 0 Å². The molecule has 1 rings (SSSR count). The number of aryl methyl sites for hydroxylation is 1. The molecule has 0 spiro atoms. The maximum Gasteiger partial charge on any atom is 0.302 e. The number of benzene rings is 1. The summed E-state index contributed by atoms with van der Waals surface area (Å²) in [6.07, 6.45) is 1.88. The van der Waals surface area contributed by atoms with Gasteiger partial charge in [0.25, 0.3) is 0 Å². The van der Waals surface area contributed by atoms with Crippen LogP contribution in [0.4, 0.5) is 0 Å². The van der Waals surface area contributed by atoms with Crippen LogP contribution in [0.3, 0.4) is 0 Å². The monoisotopic (exact) mass is 262 g/mol. The third-order valence-corrected chi connectivity index (χ3v) is 2.47. The van der Waals surface area contributed by atoms with Crippen LogP contribution >= 0.6 is 0 Å². The van der Waals surface area contributed by atoms with Gasteiger partial charge in [-0.15, -0.1) is 0 Å². The van der Waals surface area contributed by atoms with Gasteiger partial charge < -0.3 is 9.47 Å². The van der Waals surface area contributed by atoms with E-state index in [2.05, 4.69) is 0 Å². The molecule has 0 fully saturated rings. The van der Waals surface area contributed by atoms with Crippen LogP contribution < -0.4 is 0 Å². The summed E-state index contributed by atoms with van der Waals surface area (Å²) in [5.41, 5.74) is 2.85. The zero-order valence-electron chi connectivity index (χ0n) is 11.4. The Hall–Kier alpha value is -2.10. The maximum atomic E-state index is 10.8. The van der Waals surface area contributed by atoms with Gasteiger partial charge in [0.15, 0.2) is 0 Å². The zero-order chi connectivity index (χ0) is 14.3. The molecule has 0 aliphatic heterocycles. The van der Waals surface area contributed by atoms with Gasteiger partial charge in [-0.25, -0.2) is 0 Å². The molecule has 0 unspecified atom stereocenters. The number of esters is 2. The van der Waals surface area contributed by atoms with Gasteiger partial charge in [-0.05, 0) is 24.1 Å². The fourth-order valence-electron chi connectivity index (χ4n) is 1.48. The summed E-state index contributed by atoms with van der Waals surface area (Å²) in [5.74, 6) is -0.725. The van der Waals surface area contributed by atoms with E-state index in [1.165, 1.54) is 13.8 Å². The number of ether oxygens (including phenoxy) is 2. The van der Waals surface area contributed by atoms with Crippen molar-refractivity contribution in [3.8, 4) is 0 Å². The van der Waals surface area contributed by atoms with Gasteiger partial charge in [0, 0.05) is 19.4 Å². The summed E-state index contributed by atoms with van der Waals surface area (Å²) in [7, 11) is 0. The number of carbonyl (C=O) groups is 2. The zero-order valence-corrected chi connectivity index (χ0v) is 11.4. The predicted octanol–water partition coefficient (Wildman–Crippen LogP) is 2.50. The lowest BCUT2D eigenvalue weighted by molar-refractivity contribution is -0.141. The van der Waals surface area contributed by atoms with Gasteiger partial charge in [-0.2, -0.15) is 0 Å². The molecule has 0 bridgehead atoms. The normalized spacial score (nSPS) is 9.63. The lowest BCUT2D eigenvalue weighted by atomic mass is 10.1. The van der Waals surface area contributed by atoms with Crippen molar-refractivity contribution in [3.63, 3.8) is 0 Å². The maximum absolute atomic E-state index is 10.8. The molecule has 4 heteroatoms. The molecule has 0 N–H and O–H groups in total. The van der Waals surface area contributed by atoms with Crippen LogP contribution in [0, 0.1) is 6.92 Å². The fraction of sp³-hybridized carbons (Fsp3) is 0.333. The first kappa shape index (κ1) is 15.0. The Kier molecular flexibility index (Phi) is 5.79. The van der Waals surface area contributed by atoms with Crippen molar-refractivity contribution in [2.75, 3.05) is 13.2 Å². The summed E-state index contributed by atoms with van der Waals surface area (Å²) in [5, 5.41) is 0. The molecule has 0 heterocycles. The Morgan fingerprint density at radius 1 is 1.05 bits per heavy atom. The van der Waals surface area contributed by atoms with E-state index in [0.717, 1.165) is 16.7 Å². The Morgan fingerprint density at radius 3 is 2.05 bits per heavy atom. The van der Waals surface area contributed by atoms with Crippen LogP contribution in [0.25, 0.3) is 6.08 Å². The topological polar surface area (TPSA) is 52.6 Å². The first-order chi connectivity index (χ1) is 8.99. The number of carbonyl (C=O) groups excluding carboxylic acids is 2. The summed E-state index contributed by atoms with van der Waals surface area (Å²) >= 11 is 0. The van der Waals surface area contributed by atoms with Crippen LogP contribution in [0.15, 0.2) is 29.8 Å². The van der Waals surface area contributed by atoms with Crippen LogP contribution in [0.5, 0.6) is 0 Å². The van der Waals surface area contributed by atoms with Crippen LogP contribution in [-0.4, -0.2) is 25.2 Å². The van der Waals surface area contributed by atoms with Gasteiger partial charge >= 0.3 is 11.9 Å². The van der Waals surface area contributed by atoms with Crippen LogP contribution in [-0.2, 0) is 19.1 Å². The highest BCUT2D eigenvalue weighted by Gasteiger charge is 2.05. The molecule has 102 valence electrons. The third-order valence-electron chi connectivity index (χ3n) is 2.47. The van der Waals surface area contributed by atoms with Crippen molar-refractivity contribution in [3.05, 3.63) is 41.0 Å². The smallest absolute Gasteiger partial charge is 0.302 e. The van der Waals surface area contributed by atoms with Gasteiger partial charge in [0.1, 0.15) is 13.2 Å². The molecule has 0 aliphatic rings. The van der Waals surface area contributed by atoms with Crippen molar-refractivity contribution in [1.29, 1.82) is 0 Å². The van der Waals surface area contributed by atoms with Crippen molar-refractivity contribution < 1.29 is 19.1 Å². The van der Waals surface area contributed by atoms with Gasteiger partial charge in [0.2, 0.25) is 0 Å². The number of hydrogen-bond acceptors (Lipinski definition) is 4. The van der Waals surface area contributed by atoms with E-state index in [0.29, 0.717) is 0 Å². The molecule has 0 saturated heterocycles. The number of hydrogen-bond donors (Lipinski definition) is 0. The summed E-state index contributed by atoms with van der Waals surface area (Å²) in [6, 6.07) is 7.82. The number of rotatable bonds is 5. The first-order valence-electron chi connectivity index (χ1n) is 6.01. The molecule has 0 radical (unpaired) electrons. The molecule has 0 atom stereocenters. The molecule has 0 aromatic heterocycles. The van der Waals surface area contributed by atoms with Crippen LogP contribution in [0.1, 0.15) is 25.0 Å². The van der Waals surface area contributed by atoms with E-state index in [-0.39, 0.29) is 25.2 Å². The highest BCUT2D eigenvalue weighted by molar-refractivity contribution is 5.68. The van der Waals surface area contributed by atoms with E-state index in [4.69, 9.17) is 9.47 Å². The molecule has 1 aromatic carbocycles. The molecule has 1 aromatic rings.